The van der Waals surface area contributed by atoms with Crippen LogP contribution in [0.3, 0.4) is 0 Å². The molecule has 1 fully saturated rings. The van der Waals surface area contributed by atoms with E-state index in [1.54, 1.807) is 16.2 Å². The van der Waals surface area contributed by atoms with Gasteiger partial charge in [-0.1, -0.05) is 36.4 Å². The average Bonchev–Trinajstić information content (AvgIpc) is 3.30. The molecule has 0 bridgehead atoms. The number of carbonyl (C=O) groups excluding carboxylic acids is 3. The maximum atomic E-state index is 13.2. The molecule has 2 unspecified atom stereocenters. The van der Waals surface area contributed by atoms with Gasteiger partial charge in [-0.05, 0) is 61.3 Å². The molecule has 3 amide bonds. The summed E-state index contributed by atoms with van der Waals surface area (Å²) >= 11 is 0. The molecule has 1 aromatic heterocycles. The number of aryl methyl sites for hydroxylation is 3. The number of para-hydroxylation sites is 1. The number of imide groups is 1. The highest BCUT2D eigenvalue weighted by Gasteiger charge is 2.35. The standard InChI is InChI=1S/C34H47N5O7/c1-37-31(41)17-15-29(33(37)42)39-28-9-3-7-26(32(28)38(2)34(39)43)8-5-19-45-21-20-44-18-4-6-24-10-12-25(13-11-24)22-46-23-27(35)14-16-30(36)40/h3,7,9-13,27,29H,4-6,8,14-23,35H2,1-2H3,(H2,36,40). The van der Waals surface area contributed by atoms with E-state index in [2.05, 4.69) is 12.1 Å². The van der Waals surface area contributed by atoms with Crippen molar-refractivity contribution in [2.45, 2.75) is 70.1 Å². The highest BCUT2D eigenvalue weighted by molar-refractivity contribution is 6.00. The summed E-state index contributed by atoms with van der Waals surface area (Å²) in [6, 6.07) is 13.2. The summed E-state index contributed by atoms with van der Waals surface area (Å²) in [5.41, 5.74) is 15.7. The molecule has 46 heavy (non-hydrogen) atoms. The number of ether oxygens (including phenoxy) is 3. The van der Waals surface area contributed by atoms with Crippen LogP contribution in [0.4, 0.5) is 0 Å². The van der Waals surface area contributed by atoms with Crippen molar-refractivity contribution in [2.24, 2.45) is 18.5 Å². The predicted molar refractivity (Wildman–Crippen MR) is 174 cm³/mol. The third kappa shape index (κ3) is 9.35. The zero-order chi connectivity index (χ0) is 33.1. The van der Waals surface area contributed by atoms with Crippen molar-refractivity contribution in [3.8, 4) is 0 Å². The molecule has 2 heterocycles. The van der Waals surface area contributed by atoms with Crippen LogP contribution in [0, 0.1) is 0 Å². The molecule has 12 heteroatoms. The number of nitrogens with zero attached hydrogens (tertiary/aromatic N) is 3. The molecule has 4 N–H and O–H groups in total. The Hall–Kier alpha value is -3.84. The molecule has 0 spiro atoms. The molecule has 250 valence electrons. The topological polar surface area (TPSA) is 161 Å². The van der Waals surface area contributed by atoms with Gasteiger partial charge in [-0.15, -0.1) is 0 Å². The number of aromatic nitrogens is 2. The van der Waals surface area contributed by atoms with Gasteiger partial charge in [0.15, 0.2) is 0 Å². The van der Waals surface area contributed by atoms with E-state index in [1.807, 2.05) is 30.3 Å². The van der Waals surface area contributed by atoms with Crippen molar-refractivity contribution in [1.29, 1.82) is 0 Å². The molecule has 12 nitrogen and oxygen atoms in total. The zero-order valence-electron chi connectivity index (χ0n) is 26.9. The second-order valence-corrected chi connectivity index (χ2v) is 11.9. The first-order valence-corrected chi connectivity index (χ1v) is 16.0. The molecule has 0 saturated carbocycles. The van der Waals surface area contributed by atoms with Crippen molar-refractivity contribution in [3.05, 3.63) is 69.6 Å². The Morgan fingerprint density at radius 1 is 0.913 bits per heavy atom. The van der Waals surface area contributed by atoms with Crippen LogP contribution in [0.25, 0.3) is 11.0 Å². The summed E-state index contributed by atoms with van der Waals surface area (Å²) in [6.45, 7) is 3.11. The highest BCUT2D eigenvalue weighted by Crippen LogP contribution is 2.27. The van der Waals surface area contributed by atoms with E-state index < -0.39 is 6.04 Å². The Bertz CT molecular complexity index is 1530. The second kappa shape index (κ2) is 17.2. The highest BCUT2D eigenvalue weighted by atomic mass is 16.5. The van der Waals surface area contributed by atoms with Gasteiger partial charge in [-0.2, -0.15) is 0 Å². The molecule has 0 radical (unpaired) electrons. The molecule has 2 atom stereocenters. The number of hydrogen-bond donors (Lipinski definition) is 2. The number of imidazole rings is 1. The Kier molecular flexibility index (Phi) is 13.1. The molecule has 0 aliphatic carbocycles. The second-order valence-electron chi connectivity index (χ2n) is 11.9. The van der Waals surface area contributed by atoms with Gasteiger partial charge < -0.3 is 25.7 Å². The number of benzene rings is 2. The van der Waals surface area contributed by atoms with Gasteiger partial charge >= 0.3 is 5.69 Å². The van der Waals surface area contributed by atoms with Crippen LogP contribution in [0.5, 0.6) is 0 Å². The lowest BCUT2D eigenvalue weighted by atomic mass is 10.0. The summed E-state index contributed by atoms with van der Waals surface area (Å²) in [4.78, 5) is 49.9. The first kappa shape index (κ1) is 35.0. The summed E-state index contributed by atoms with van der Waals surface area (Å²) in [5, 5.41) is 0. The third-order valence-corrected chi connectivity index (χ3v) is 8.37. The van der Waals surface area contributed by atoms with Crippen LogP contribution in [0.2, 0.25) is 0 Å². The van der Waals surface area contributed by atoms with E-state index in [4.69, 9.17) is 25.7 Å². The van der Waals surface area contributed by atoms with E-state index in [-0.39, 0.29) is 42.3 Å². The number of piperidine rings is 1. The molecular weight excluding hydrogens is 590 g/mol. The Morgan fingerprint density at radius 2 is 1.59 bits per heavy atom. The first-order valence-electron chi connectivity index (χ1n) is 16.0. The largest absolute Gasteiger partial charge is 0.379 e. The fourth-order valence-electron chi connectivity index (χ4n) is 5.77. The fourth-order valence-corrected chi connectivity index (χ4v) is 5.77. The van der Waals surface area contributed by atoms with Crippen LogP contribution < -0.4 is 17.2 Å². The van der Waals surface area contributed by atoms with E-state index in [0.29, 0.717) is 58.0 Å². The van der Waals surface area contributed by atoms with Gasteiger partial charge in [0, 0.05) is 46.2 Å². The minimum atomic E-state index is -0.679. The molecular formula is C34H47N5O7. The lowest BCUT2D eigenvalue weighted by Crippen LogP contribution is -2.45. The number of hydrogen-bond acceptors (Lipinski definition) is 8. The first-order chi connectivity index (χ1) is 22.2. The van der Waals surface area contributed by atoms with Gasteiger partial charge in [0.25, 0.3) is 5.91 Å². The molecule has 3 aromatic rings. The zero-order valence-corrected chi connectivity index (χ0v) is 26.9. The van der Waals surface area contributed by atoms with Crippen molar-refractivity contribution in [3.63, 3.8) is 0 Å². The van der Waals surface area contributed by atoms with Crippen molar-refractivity contribution in [1.82, 2.24) is 14.0 Å². The van der Waals surface area contributed by atoms with Gasteiger partial charge in [0.05, 0.1) is 37.5 Å². The van der Waals surface area contributed by atoms with E-state index >= 15 is 0 Å². The smallest absolute Gasteiger partial charge is 0.329 e. The van der Waals surface area contributed by atoms with Gasteiger partial charge in [-0.25, -0.2) is 4.79 Å². The SMILES string of the molecule is CN1C(=O)CCC(n2c(=O)n(C)c3c(CCCOCCOCCCc4ccc(COCC(N)CCC(N)=O)cc4)cccc32)C1=O. The number of fused-ring (bicyclic) bond motifs is 1. The number of likely N-dealkylation sites (N-methyl/N-ethyl adjacent to an activating group) is 1. The van der Waals surface area contributed by atoms with Crippen LogP contribution >= 0.6 is 0 Å². The van der Waals surface area contributed by atoms with Crippen LogP contribution in [-0.4, -0.2) is 77.9 Å². The number of primary amides is 1. The molecule has 4 rings (SSSR count). The lowest BCUT2D eigenvalue weighted by Gasteiger charge is -2.28. The minimum absolute atomic E-state index is 0.200. The normalized spacial score (nSPS) is 16.0. The minimum Gasteiger partial charge on any atom is -0.379 e. The predicted octanol–water partition coefficient (Wildman–Crippen LogP) is 2.37. The summed E-state index contributed by atoms with van der Waals surface area (Å²) < 4.78 is 20.3. The number of rotatable bonds is 19. The van der Waals surface area contributed by atoms with Crippen LogP contribution in [0.15, 0.2) is 47.3 Å². The molecule has 1 saturated heterocycles. The quantitative estimate of drug-likeness (QED) is 0.150. The molecule has 1 aliphatic heterocycles. The van der Waals surface area contributed by atoms with Gasteiger partial charge in [-0.3, -0.25) is 28.4 Å². The molecule has 1 aliphatic rings. The number of carbonyl (C=O) groups is 3. The average molecular weight is 638 g/mol. The van der Waals surface area contributed by atoms with Gasteiger partial charge in [0.2, 0.25) is 11.8 Å². The number of likely N-dealkylation sites (tertiary alicyclic amines) is 1. The monoisotopic (exact) mass is 637 g/mol. The number of nitrogens with two attached hydrogens (primary N) is 2. The third-order valence-electron chi connectivity index (χ3n) is 8.37. The van der Waals surface area contributed by atoms with Crippen LogP contribution in [0.1, 0.15) is 61.3 Å². The van der Waals surface area contributed by atoms with E-state index in [9.17, 15) is 19.2 Å². The Morgan fingerprint density at radius 3 is 2.28 bits per heavy atom. The van der Waals surface area contributed by atoms with Crippen LogP contribution in [-0.2, 0) is 55.1 Å². The van der Waals surface area contributed by atoms with E-state index in [0.717, 1.165) is 47.2 Å². The van der Waals surface area contributed by atoms with Crippen molar-refractivity contribution < 1.29 is 28.6 Å². The lowest BCUT2D eigenvalue weighted by molar-refractivity contribution is -0.149. The summed E-state index contributed by atoms with van der Waals surface area (Å²) in [6.07, 6.45) is 4.68. The number of amides is 3. The van der Waals surface area contributed by atoms with Gasteiger partial charge in [0.1, 0.15) is 6.04 Å². The fraction of sp³-hybridized carbons (Fsp3) is 0.529. The maximum absolute atomic E-state index is 13.2. The molecule has 2 aromatic carbocycles. The maximum Gasteiger partial charge on any atom is 0.329 e. The van der Waals surface area contributed by atoms with Crippen molar-refractivity contribution >= 4 is 28.8 Å². The Balaban J connectivity index is 1.10. The van der Waals surface area contributed by atoms with Crippen molar-refractivity contribution in [2.75, 3.05) is 40.1 Å². The Labute approximate surface area is 269 Å². The summed E-state index contributed by atoms with van der Waals surface area (Å²) in [7, 11) is 3.20. The summed E-state index contributed by atoms with van der Waals surface area (Å²) in [5.74, 6) is -0.915. The van der Waals surface area contributed by atoms with E-state index in [1.165, 1.54) is 12.6 Å².